The minimum Gasteiger partial charge on any atom is -1.00 e. The maximum absolute atomic E-state index is 13.4. The van der Waals surface area contributed by atoms with Gasteiger partial charge in [-0.15, -0.1) is 13.2 Å². The van der Waals surface area contributed by atoms with E-state index in [0.29, 0.717) is 54.4 Å². The van der Waals surface area contributed by atoms with Crippen LogP contribution < -0.4 is 39.2 Å². The fourth-order valence-corrected chi connectivity index (χ4v) is 3.75. The first kappa shape index (κ1) is 28.5. The standard InChI is InChI=1S/C24H25F3N6O3.HI/c1-3-35-13-12-33-21-20(31-22(23(33)34)32(2)11-10-17-14-28-15-29-17)9-8-19(30-21)16-4-6-18(7-5-16)36-24(25,26)27;/h4-9,14-15H,3,10-13H2,1-2H3,(H,28,29);1H. The van der Waals surface area contributed by atoms with Gasteiger partial charge in [0.15, 0.2) is 5.65 Å². The van der Waals surface area contributed by atoms with Crippen LogP contribution in [0.15, 0.2) is 53.7 Å². The molecule has 1 aromatic carbocycles. The normalized spacial score (nSPS) is 12.4. The van der Waals surface area contributed by atoms with E-state index in [-0.39, 0.29) is 41.8 Å². The highest BCUT2D eigenvalue weighted by molar-refractivity contribution is 5.76. The molecule has 0 spiro atoms. The zero-order valence-electron chi connectivity index (χ0n) is 20.2. The van der Waals surface area contributed by atoms with Gasteiger partial charge in [-0.2, -0.15) is 4.98 Å². The molecule has 0 saturated heterocycles. The molecular formula is C24H26F3IN6O3. The lowest BCUT2D eigenvalue weighted by atomic mass is 10.1. The van der Waals surface area contributed by atoms with Crippen molar-refractivity contribution >= 4 is 17.0 Å². The van der Waals surface area contributed by atoms with Gasteiger partial charge in [-0.05, 0) is 43.3 Å². The van der Waals surface area contributed by atoms with Crippen molar-refractivity contribution in [3.05, 3.63) is 65.0 Å². The van der Waals surface area contributed by atoms with Crippen molar-refractivity contribution in [2.45, 2.75) is 26.3 Å². The van der Waals surface area contributed by atoms with Gasteiger partial charge in [0, 0.05) is 30.5 Å². The van der Waals surface area contributed by atoms with Crippen molar-refractivity contribution < 1.29 is 51.5 Å². The van der Waals surface area contributed by atoms with E-state index in [1.54, 1.807) is 24.7 Å². The Kier molecular flexibility index (Phi) is 9.62. The number of aromatic nitrogens is 5. The number of halogens is 4. The smallest absolute Gasteiger partial charge is 0.573 e. The number of ether oxygens (including phenoxy) is 2. The highest BCUT2D eigenvalue weighted by atomic mass is 127. The number of likely N-dealkylation sites (N-methyl/N-ethyl adjacent to an activating group) is 1. The number of hydrogen-bond acceptors (Lipinski definition) is 6. The molecule has 4 aromatic rings. The Bertz CT molecular complexity index is 1360. The molecule has 0 saturated carbocycles. The van der Waals surface area contributed by atoms with Crippen LogP contribution in [0.2, 0.25) is 0 Å². The summed E-state index contributed by atoms with van der Waals surface area (Å²) in [6, 6.07) is 8.86. The maximum Gasteiger partial charge on any atom is 0.573 e. The fourth-order valence-electron chi connectivity index (χ4n) is 3.75. The summed E-state index contributed by atoms with van der Waals surface area (Å²) in [5, 5.41) is 0. The minimum absolute atomic E-state index is 0. The van der Waals surface area contributed by atoms with Crippen molar-refractivity contribution in [1.82, 2.24) is 24.5 Å². The summed E-state index contributed by atoms with van der Waals surface area (Å²) >= 11 is 0. The van der Waals surface area contributed by atoms with E-state index < -0.39 is 6.36 Å². The van der Waals surface area contributed by atoms with Crippen molar-refractivity contribution in [1.29, 1.82) is 0 Å². The Balaban J connectivity index is 0.00000380. The van der Waals surface area contributed by atoms with Gasteiger partial charge in [0.2, 0.25) is 0 Å². The number of benzene rings is 1. The molecule has 2 N–H and O–H groups in total. The molecule has 198 valence electrons. The molecule has 3 heterocycles. The Labute approximate surface area is 227 Å². The van der Waals surface area contributed by atoms with Crippen LogP contribution in [-0.4, -0.2) is 57.7 Å². The average Bonchev–Trinajstić information content (AvgIpc) is 3.37. The SMILES string of the molecule is CCOCCn1c(=O)c([NH+](C)CCc2cnc[nH]2)nc2ccc(-c3ccc(OC(F)(F)F)cc3)nc21.[I-]. The van der Waals surface area contributed by atoms with Crippen molar-refractivity contribution in [3.63, 3.8) is 0 Å². The number of imidazole rings is 1. The first-order valence-electron chi connectivity index (χ1n) is 11.4. The summed E-state index contributed by atoms with van der Waals surface area (Å²) in [5.41, 5.74) is 2.65. The molecule has 13 heteroatoms. The van der Waals surface area contributed by atoms with E-state index in [4.69, 9.17) is 4.74 Å². The monoisotopic (exact) mass is 630 g/mol. The van der Waals surface area contributed by atoms with Crippen molar-refractivity contribution in [3.8, 4) is 17.0 Å². The second kappa shape index (κ2) is 12.5. The number of aromatic amines is 1. The largest absolute Gasteiger partial charge is 1.00 e. The van der Waals surface area contributed by atoms with Gasteiger partial charge in [0.25, 0.3) is 5.82 Å². The van der Waals surface area contributed by atoms with E-state index in [2.05, 4.69) is 24.7 Å². The lowest BCUT2D eigenvalue weighted by Gasteiger charge is -2.16. The van der Waals surface area contributed by atoms with Crippen LogP contribution in [0.4, 0.5) is 19.0 Å². The van der Waals surface area contributed by atoms with Gasteiger partial charge in [-0.3, -0.25) is 14.3 Å². The Morgan fingerprint density at radius 2 is 1.86 bits per heavy atom. The van der Waals surface area contributed by atoms with Gasteiger partial charge in [-0.1, -0.05) is 0 Å². The Hall–Kier alpha value is -3.04. The molecule has 9 nitrogen and oxygen atoms in total. The van der Waals surface area contributed by atoms with E-state index in [9.17, 15) is 18.0 Å². The number of pyridine rings is 1. The number of alkyl halides is 3. The zero-order valence-corrected chi connectivity index (χ0v) is 22.3. The quantitative estimate of drug-likeness (QED) is 0.182. The third-order valence-corrected chi connectivity index (χ3v) is 5.57. The summed E-state index contributed by atoms with van der Waals surface area (Å²) in [6.45, 7) is 3.60. The molecule has 3 aromatic heterocycles. The maximum atomic E-state index is 13.4. The average molecular weight is 630 g/mol. The first-order valence-corrected chi connectivity index (χ1v) is 11.4. The lowest BCUT2D eigenvalue weighted by Crippen LogP contribution is -3.05. The highest BCUT2D eigenvalue weighted by Crippen LogP contribution is 2.26. The summed E-state index contributed by atoms with van der Waals surface area (Å²) in [7, 11) is 1.88. The molecule has 0 bridgehead atoms. The molecular weight excluding hydrogens is 604 g/mol. The van der Waals surface area contributed by atoms with Crippen LogP contribution in [0.5, 0.6) is 5.75 Å². The van der Waals surface area contributed by atoms with Crippen molar-refractivity contribution in [2.24, 2.45) is 0 Å². The number of rotatable bonds is 10. The highest BCUT2D eigenvalue weighted by Gasteiger charge is 2.31. The summed E-state index contributed by atoms with van der Waals surface area (Å²) in [5.74, 6) is 0.0369. The first-order chi connectivity index (χ1) is 17.2. The van der Waals surface area contributed by atoms with Gasteiger partial charge in [-0.25, -0.2) is 9.97 Å². The van der Waals surface area contributed by atoms with Crippen LogP contribution in [0, 0.1) is 0 Å². The minimum atomic E-state index is -4.77. The van der Waals surface area contributed by atoms with Crippen LogP contribution in [0.1, 0.15) is 12.6 Å². The van der Waals surface area contributed by atoms with E-state index >= 15 is 0 Å². The fraction of sp³-hybridized carbons (Fsp3) is 0.333. The number of quaternary nitrogens is 1. The third kappa shape index (κ3) is 7.26. The molecule has 37 heavy (non-hydrogen) atoms. The molecule has 0 aliphatic rings. The van der Waals surface area contributed by atoms with E-state index in [1.807, 2.05) is 14.0 Å². The molecule has 0 aliphatic heterocycles. The van der Waals surface area contributed by atoms with Gasteiger partial charge < -0.3 is 38.4 Å². The Morgan fingerprint density at radius 3 is 2.51 bits per heavy atom. The van der Waals surface area contributed by atoms with Crippen LogP contribution >= 0.6 is 0 Å². The summed E-state index contributed by atoms with van der Waals surface area (Å²) in [6.07, 6.45) is -0.722. The van der Waals surface area contributed by atoms with Gasteiger partial charge >= 0.3 is 11.9 Å². The molecule has 4 rings (SSSR count). The molecule has 0 aliphatic carbocycles. The van der Waals surface area contributed by atoms with Crippen LogP contribution in [0.25, 0.3) is 22.4 Å². The van der Waals surface area contributed by atoms with Crippen LogP contribution in [0.3, 0.4) is 0 Å². The molecule has 0 fully saturated rings. The number of nitrogens with one attached hydrogen (secondary N) is 2. The van der Waals surface area contributed by atoms with Crippen LogP contribution in [-0.2, 0) is 17.7 Å². The summed E-state index contributed by atoms with van der Waals surface area (Å²) < 4.78 is 48.4. The molecule has 0 amide bonds. The predicted octanol–water partition coefficient (Wildman–Crippen LogP) is -0.490. The van der Waals surface area contributed by atoms with Gasteiger partial charge in [0.1, 0.15) is 11.3 Å². The number of nitrogens with zero attached hydrogens (tertiary/aromatic N) is 4. The molecule has 1 atom stereocenters. The molecule has 0 radical (unpaired) electrons. The molecule has 1 unspecified atom stereocenters. The predicted molar refractivity (Wildman–Crippen MR) is 126 cm³/mol. The topological polar surface area (TPSA) is 99.4 Å². The second-order valence-corrected chi connectivity index (χ2v) is 8.08. The van der Waals surface area contributed by atoms with E-state index in [0.717, 1.165) is 10.6 Å². The lowest BCUT2D eigenvalue weighted by molar-refractivity contribution is -0.813. The number of hydrogen-bond donors (Lipinski definition) is 2. The second-order valence-electron chi connectivity index (χ2n) is 8.08. The number of H-pyrrole nitrogens is 1. The summed E-state index contributed by atoms with van der Waals surface area (Å²) in [4.78, 5) is 30.6. The Morgan fingerprint density at radius 1 is 1.11 bits per heavy atom. The van der Waals surface area contributed by atoms with E-state index in [1.165, 1.54) is 28.8 Å². The third-order valence-electron chi connectivity index (χ3n) is 5.57. The van der Waals surface area contributed by atoms with Gasteiger partial charge in [0.05, 0.1) is 38.8 Å². The van der Waals surface area contributed by atoms with Crippen molar-refractivity contribution in [2.75, 3.05) is 26.8 Å². The number of fused-ring (bicyclic) bond motifs is 1. The zero-order chi connectivity index (χ0) is 25.7.